The van der Waals surface area contributed by atoms with Crippen LogP contribution >= 0.6 is 0 Å². The smallest absolute Gasteiger partial charge is 0.195 e. The third-order valence-electron chi connectivity index (χ3n) is 5.83. The molecule has 0 heterocycles. The van der Waals surface area contributed by atoms with Crippen molar-refractivity contribution in [3.05, 3.63) is 47.0 Å². The van der Waals surface area contributed by atoms with Crippen LogP contribution in [-0.4, -0.2) is 0 Å². The van der Waals surface area contributed by atoms with Crippen molar-refractivity contribution in [2.45, 2.75) is 70.6 Å². The van der Waals surface area contributed by atoms with E-state index >= 15 is 0 Å². The normalized spacial score (nSPS) is 20.7. The molecule has 0 bridgehead atoms. The van der Waals surface area contributed by atoms with Crippen LogP contribution < -0.4 is 0 Å². The van der Waals surface area contributed by atoms with E-state index in [1.54, 1.807) is 6.07 Å². The highest BCUT2D eigenvalue weighted by atomic mass is 19.2. The molecule has 1 saturated carbocycles. The second-order valence-corrected chi connectivity index (χ2v) is 7.65. The van der Waals surface area contributed by atoms with Crippen LogP contribution in [0.3, 0.4) is 0 Å². The lowest BCUT2D eigenvalue weighted by Crippen LogP contribution is -2.13. The van der Waals surface area contributed by atoms with E-state index in [1.807, 2.05) is 0 Å². The molecule has 0 atom stereocenters. The average molecular weight is 366 g/mol. The van der Waals surface area contributed by atoms with Gasteiger partial charge in [0.15, 0.2) is 17.5 Å². The Hall–Kier alpha value is -1.58. The minimum Gasteiger partial charge on any atom is -0.206 e. The maximum atomic E-state index is 14.4. The van der Waals surface area contributed by atoms with Gasteiger partial charge in [-0.2, -0.15) is 0 Å². The van der Waals surface area contributed by atoms with Gasteiger partial charge in [0.05, 0.1) is 5.39 Å². The molecule has 3 rings (SSSR count). The van der Waals surface area contributed by atoms with E-state index in [1.165, 1.54) is 38.2 Å². The first-order valence-corrected chi connectivity index (χ1v) is 9.78. The summed E-state index contributed by atoms with van der Waals surface area (Å²) in [6.45, 7) is 2.21. The average Bonchev–Trinajstić information content (AvgIpc) is 2.63. The van der Waals surface area contributed by atoms with Gasteiger partial charge in [-0.05, 0) is 60.6 Å². The van der Waals surface area contributed by atoms with E-state index in [0.29, 0.717) is 0 Å². The van der Waals surface area contributed by atoms with Crippen LogP contribution in [0, 0.1) is 29.2 Å². The van der Waals surface area contributed by atoms with Crippen molar-refractivity contribution in [1.29, 1.82) is 0 Å². The highest BCUT2D eigenvalue weighted by Crippen LogP contribution is 2.39. The van der Waals surface area contributed by atoms with Crippen molar-refractivity contribution in [3.8, 4) is 0 Å². The zero-order valence-electron chi connectivity index (χ0n) is 15.3. The Balaban J connectivity index is 1.71. The fraction of sp³-hybridized carbons (Fsp3) is 0.545. The summed E-state index contributed by atoms with van der Waals surface area (Å²) in [5.74, 6) is -4.21. The Morgan fingerprint density at radius 1 is 0.808 bits per heavy atom. The predicted octanol–water partition coefficient (Wildman–Crippen LogP) is 7.64. The van der Waals surface area contributed by atoms with Crippen LogP contribution in [0.1, 0.15) is 76.2 Å². The standard InChI is InChI=1S/C22H26F4/c1-2-3-4-5-6-14-7-9-15(10-8-14)16-11-17-13-19(24)21(25)22(26)20(17)18(23)12-16/h11-15H,2-10H2,1H3. The van der Waals surface area contributed by atoms with Gasteiger partial charge in [0.1, 0.15) is 5.82 Å². The molecule has 0 aliphatic heterocycles. The van der Waals surface area contributed by atoms with Crippen molar-refractivity contribution in [2.24, 2.45) is 5.92 Å². The number of benzene rings is 2. The van der Waals surface area contributed by atoms with Crippen molar-refractivity contribution >= 4 is 10.8 Å². The number of hydrogen-bond acceptors (Lipinski definition) is 0. The molecule has 0 aromatic heterocycles. The van der Waals surface area contributed by atoms with E-state index in [4.69, 9.17) is 0 Å². The first kappa shape index (κ1) is 19.2. The van der Waals surface area contributed by atoms with Gasteiger partial charge in [0.2, 0.25) is 0 Å². The highest BCUT2D eigenvalue weighted by molar-refractivity contribution is 5.84. The summed E-state index contributed by atoms with van der Waals surface area (Å²) in [4.78, 5) is 0. The number of unbranched alkanes of at least 4 members (excludes halogenated alkanes) is 3. The molecule has 0 spiro atoms. The van der Waals surface area contributed by atoms with Gasteiger partial charge in [-0.25, -0.2) is 17.6 Å². The van der Waals surface area contributed by atoms with Crippen molar-refractivity contribution in [1.82, 2.24) is 0 Å². The van der Waals surface area contributed by atoms with Crippen molar-refractivity contribution < 1.29 is 17.6 Å². The summed E-state index contributed by atoms with van der Waals surface area (Å²) < 4.78 is 55.1. The maximum Gasteiger partial charge on any atom is 0.195 e. The zero-order valence-corrected chi connectivity index (χ0v) is 15.3. The van der Waals surface area contributed by atoms with E-state index in [9.17, 15) is 17.6 Å². The lowest BCUT2D eigenvalue weighted by atomic mass is 9.76. The maximum absolute atomic E-state index is 14.4. The van der Waals surface area contributed by atoms with Crippen LogP contribution in [0.5, 0.6) is 0 Å². The molecule has 0 radical (unpaired) electrons. The topological polar surface area (TPSA) is 0 Å². The van der Waals surface area contributed by atoms with Crippen molar-refractivity contribution in [3.63, 3.8) is 0 Å². The van der Waals surface area contributed by atoms with E-state index in [-0.39, 0.29) is 11.3 Å². The quantitative estimate of drug-likeness (QED) is 0.280. The molecule has 0 amide bonds. The first-order chi connectivity index (χ1) is 12.5. The van der Waals surface area contributed by atoms with E-state index in [0.717, 1.165) is 43.2 Å². The fourth-order valence-electron chi connectivity index (χ4n) is 4.29. The van der Waals surface area contributed by atoms with Gasteiger partial charge in [0, 0.05) is 0 Å². The summed E-state index contributed by atoms with van der Waals surface area (Å²) in [7, 11) is 0. The fourth-order valence-corrected chi connectivity index (χ4v) is 4.29. The molecule has 1 aliphatic rings. The largest absolute Gasteiger partial charge is 0.206 e. The van der Waals surface area contributed by atoms with E-state index < -0.39 is 28.7 Å². The highest BCUT2D eigenvalue weighted by Gasteiger charge is 2.24. The van der Waals surface area contributed by atoms with Crippen LogP contribution in [0.15, 0.2) is 18.2 Å². The van der Waals surface area contributed by atoms with E-state index in [2.05, 4.69) is 6.92 Å². The van der Waals surface area contributed by atoms with Crippen LogP contribution in [0.4, 0.5) is 17.6 Å². The summed E-state index contributed by atoms with van der Waals surface area (Å²) >= 11 is 0. The third-order valence-corrected chi connectivity index (χ3v) is 5.83. The van der Waals surface area contributed by atoms with Gasteiger partial charge in [-0.15, -0.1) is 0 Å². The van der Waals surface area contributed by atoms with Crippen molar-refractivity contribution in [2.75, 3.05) is 0 Å². The van der Waals surface area contributed by atoms with Crippen LogP contribution in [0.2, 0.25) is 0 Å². The Bertz CT molecular complexity index is 761. The predicted molar refractivity (Wildman–Crippen MR) is 97.2 cm³/mol. The Morgan fingerprint density at radius 2 is 1.54 bits per heavy atom. The van der Waals surface area contributed by atoms with Gasteiger partial charge in [0.25, 0.3) is 0 Å². The summed E-state index contributed by atoms with van der Waals surface area (Å²) in [5, 5.41) is -0.365. The van der Waals surface area contributed by atoms with Gasteiger partial charge in [-0.1, -0.05) is 45.1 Å². The summed E-state index contributed by atoms with van der Waals surface area (Å²) in [6, 6.07) is 3.81. The molecular formula is C22H26F4. The second-order valence-electron chi connectivity index (χ2n) is 7.65. The Labute approximate surface area is 152 Å². The molecule has 2 aromatic carbocycles. The van der Waals surface area contributed by atoms with Crippen LogP contribution in [0.25, 0.3) is 10.8 Å². The van der Waals surface area contributed by atoms with Gasteiger partial charge in [-0.3, -0.25) is 0 Å². The molecule has 0 N–H and O–H groups in total. The molecule has 1 aliphatic carbocycles. The molecule has 4 heteroatoms. The molecule has 26 heavy (non-hydrogen) atoms. The number of halogens is 4. The minimum absolute atomic E-state index is 0.0955. The molecular weight excluding hydrogens is 340 g/mol. The molecule has 0 saturated heterocycles. The number of fused-ring (bicyclic) bond motifs is 1. The molecule has 2 aromatic rings. The zero-order chi connectivity index (χ0) is 18.7. The van der Waals surface area contributed by atoms with Gasteiger partial charge < -0.3 is 0 Å². The number of rotatable bonds is 6. The Morgan fingerprint density at radius 3 is 2.23 bits per heavy atom. The molecule has 0 nitrogen and oxygen atoms in total. The summed E-state index contributed by atoms with van der Waals surface area (Å²) in [6.07, 6.45) is 10.5. The monoisotopic (exact) mass is 366 g/mol. The Kier molecular flexibility index (Phi) is 6.20. The second kappa shape index (κ2) is 8.41. The van der Waals surface area contributed by atoms with Crippen LogP contribution in [-0.2, 0) is 0 Å². The third kappa shape index (κ3) is 4.05. The lowest BCUT2D eigenvalue weighted by molar-refractivity contribution is 0.302. The summed E-state index contributed by atoms with van der Waals surface area (Å²) in [5.41, 5.74) is 0.768. The molecule has 0 unspecified atom stereocenters. The minimum atomic E-state index is -1.62. The lowest BCUT2D eigenvalue weighted by Gasteiger charge is -2.29. The SMILES string of the molecule is CCCCCCC1CCC(c2cc(F)c3c(F)c(F)c(F)cc3c2)CC1. The first-order valence-electron chi connectivity index (χ1n) is 9.78. The molecule has 1 fully saturated rings. The van der Waals surface area contributed by atoms with Gasteiger partial charge >= 0.3 is 0 Å². The molecule has 142 valence electrons. The number of hydrogen-bond donors (Lipinski definition) is 0.